The Labute approximate surface area is 158 Å². The molecule has 0 bridgehead atoms. The zero-order chi connectivity index (χ0) is 18.8. The number of nitrogens with zero attached hydrogens (tertiary/aromatic N) is 2. The summed E-state index contributed by atoms with van der Waals surface area (Å²) in [6.07, 6.45) is 3.66. The van der Waals surface area contributed by atoms with Crippen LogP contribution in [-0.4, -0.2) is 20.6 Å². The highest BCUT2D eigenvalue weighted by molar-refractivity contribution is 7.10. The maximum absolute atomic E-state index is 13.1. The number of carboxylic acid groups (broad SMARTS) is 1. The van der Waals surface area contributed by atoms with Gasteiger partial charge in [0.15, 0.2) is 0 Å². The zero-order valence-electron chi connectivity index (χ0n) is 14.1. The summed E-state index contributed by atoms with van der Waals surface area (Å²) in [6.45, 7) is 0. The first kappa shape index (κ1) is 16.9. The van der Waals surface area contributed by atoms with Gasteiger partial charge in [0.05, 0.1) is 22.2 Å². The number of thiophene rings is 1. The largest absolute Gasteiger partial charge is 0.478 e. The fourth-order valence-corrected chi connectivity index (χ4v) is 3.45. The molecule has 0 aliphatic heterocycles. The van der Waals surface area contributed by atoms with Crippen molar-refractivity contribution >= 4 is 40.4 Å². The highest BCUT2D eigenvalue weighted by atomic mass is 32.1. The lowest BCUT2D eigenvalue weighted by Crippen LogP contribution is -2.22. The summed E-state index contributed by atoms with van der Waals surface area (Å²) in [5, 5.41) is 11.7. The minimum absolute atomic E-state index is 0.112. The Morgan fingerprint density at radius 3 is 2.67 bits per heavy atom. The van der Waals surface area contributed by atoms with E-state index in [4.69, 9.17) is 0 Å². The molecule has 0 saturated carbocycles. The van der Waals surface area contributed by atoms with Crippen LogP contribution in [0.2, 0.25) is 0 Å². The Balaban J connectivity index is 1.98. The van der Waals surface area contributed by atoms with E-state index >= 15 is 0 Å². The third-order valence-electron chi connectivity index (χ3n) is 4.09. The van der Waals surface area contributed by atoms with Gasteiger partial charge >= 0.3 is 5.97 Å². The molecule has 2 aromatic carbocycles. The van der Waals surface area contributed by atoms with Crippen LogP contribution >= 0.6 is 11.3 Å². The van der Waals surface area contributed by atoms with Gasteiger partial charge in [-0.05, 0) is 53.9 Å². The second kappa shape index (κ2) is 7.01. The molecule has 132 valence electrons. The number of carboxylic acids is 1. The standard InChI is InChI=1S/C21H14N2O3S/c24-20-17-8-1-2-9-18(17)22-19(11-10-16-7-4-12-27-16)23(20)15-6-3-5-14(13-15)21(25)26/h1-13H,(H,25,26)/b11-10+. The maximum atomic E-state index is 13.1. The molecule has 0 unspecified atom stereocenters. The Morgan fingerprint density at radius 2 is 1.89 bits per heavy atom. The van der Waals surface area contributed by atoms with Crippen molar-refractivity contribution in [2.24, 2.45) is 0 Å². The van der Waals surface area contributed by atoms with E-state index in [0.29, 0.717) is 22.4 Å². The van der Waals surface area contributed by atoms with Crippen LogP contribution in [0.25, 0.3) is 28.7 Å². The van der Waals surface area contributed by atoms with Crippen molar-refractivity contribution in [2.45, 2.75) is 0 Å². The van der Waals surface area contributed by atoms with E-state index in [2.05, 4.69) is 4.98 Å². The number of benzene rings is 2. The Kier molecular flexibility index (Phi) is 4.40. The van der Waals surface area contributed by atoms with Gasteiger partial charge in [0, 0.05) is 4.88 Å². The fourth-order valence-electron chi connectivity index (χ4n) is 2.83. The molecule has 6 heteroatoms. The fraction of sp³-hybridized carbons (Fsp3) is 0. The topological polar surface area (TPSA) is 72.2 Å². The summed E-state index contributed by atoms with van der Waals surface area (Å²) in [5.41, 5.74) is 0.928. The van der Waals surface area contributed by atoms with E-state index in [0.717, 1.165) is 4.88 Å². The van der Waals surface area contributed by atoms with Gasteiger partial charge in [0.1, 0.15) is 5.82 Å². The van der Waals surface area contributed by atoms with Gasteiger partial charge in [-0.2, -0.15) is 0 Å². The molecule has 2 aromatic heterocycles. The third kappa shape index (κ3) is 3.30. The molecule has 27 heavy (non-hydrogen) atoms. The number of rotatable bonds is 4. The monoisotopic (exact) mass is 374 g/mol. The van der Waals surface area contributed by atoms with Crippen LogP contribution in [0.15, 0.2) is 70.8 Å². The van der Waals surface area contributed by atoms with Gasteiger partial charge in [-0.15, -0.1) is 11.3 Å². The third-order valence-corrected chi connectivity index (χ3v) is 4.93. The molecular weight excluding hydrogens is 360 g/mol. The van der Waals surface area contributed by atoms with Crippen LogP contribution < -0.4 is 5.56 Å². The van der Waals surface area contributed by atoms with Crippen molar-refractivity contribution in [3.05, 3.63) is 92.7 Å². The molecule has 1 N–H and O–H groups in total. The second-order valence-electron chi connectivity index (χ2n) is 5.83. The molecule has 0 amide bonds. The minimum Gasteiger partial charge on any atom is -0.478 e. The van der Waals surface area contributed by atoms with Gasteiger partial charge < -0.3 is 5.11 Å². The zero-order valence-corrected chi connectivity index (χ0v) is 14.9. The Bertz CT molecular complexity index is 1220. The quantitative estimate of drug-likeness (QED) is 0.578. The molecule has 4 aromatic rings. The maximum Gasteiger partial charge on any atom is 0.335 e. The van der Waals surface area contributed by atoms with E-state index in [9.17, 15) is 14.7 Å². The predicted molar refractivity (Wildman–Crippen MR) is 108 cm³/mol. The molecule has 0 fully saturated rings. The molecule has 5 nitrogen and oxygen atoms in total. The van der Waals surface area contributed by atoms with Crippen molar-refractivity contribution in [3.63, 3.8) is 0 Å². The lowest BCUT2D eigenvalue weighted by molar-refractivity contribution is 0.0697. The second-order valence-corrected chi connectivity index (χ2v) is 6.81. The average molecular weight is 374 g/mol. The van der Waals surface area contributed by atoms with Crippen molar-refractivity contribution in [3.8, 4) is 5.69 Å². The molecule has 0 atom stereocenters. The van der Waals surface area contributed by atoms with Crippen LogP contribution in [0.5, 0.6) is 0 Å². The number of fused-ring (bicyclic) bond motifs is 1. The highest BCUT2D eigenvalue weighted by Gasteiger charge is 2.12. The van der Waals surface area contributed by atoms with E-state index < -0.39 is 5.97 Å². The lowest BCUT2D eigenvalue weighted by atomic mass is 10.2. The van der Waals surface area contributed by atoms with Gasteiger partial charge in [-0.3, -0.25) is 9.36 Å². The predicted octanol–water partition coefficient (Wildman–Crippen LogP) is 4.32. The number of carbonyl (C=O) groups is 1. The summed E-state index contributed by atoms with van der Waals surface area (Å²) in [4.78, 5) is 30.1. The van der Waals surface area contributed by atoms with E-state index in [1.54, 1.807) is 47.7 Å². The molecule has 2 heterocycles. The molecule has 0 saturated heterocycles. The van der Waals surface area contributed by atoms with Gasteiger partial charge in [-0.1, -0.05) is 24.3 Å². The van der Waals surface area contributed by atoms with Crippen LogP contribution in [-0.2, 0) is 0 Å². The highest BCUT2D eigenvalue weighted by Crippen LogP contribution is 2.18. The van der Waals surface area contributed by atoms with Crippen LogP contribution in [0.3, 0.4) is 0 Å². The number of hydrogen-bond acceptors (Lipinski definition) is 4. The van der Waals surface area contributed by atoms with Crippen LogP contribution in [0, 0.1) is 0 Å². The van der Waals surface area contributed by atoms with Crippen LogP contribution in [0.4, 0.5) is 0 Å². The molecule has 0 aliphatic rings. The SMILES string of the molecule is O=C(O)c1cccc(-n2c(/C=C/c3cccs3)nc3ccccc3c2=O)c1. The number of para-hydroxylation sites is 1. The summed E-state index contributed by atoms with van der Waals surface area (Å²) in [6, 6.07) is 17.3. The van der Waals surface area contributed by atoms with Crippen molar-refractivity contribution < 1.29 is 9.90 Å². The number of aromatic nitrogens is 2. The first-order valence-electron chi connectivity index (χ1n) is 8.20. The molecule has 4 rings (SSSR count). The van der Waals surface area contributed by atoms with E-state index in [-0.39, 0.29) is 11.1 Å². The Morgan fingerprint density at radius 1 is 1.04 bits per heavy atom. The number of hydrogen-bond donors (Lipinski definition) is 1. The van der Waals surface area contributed by atoms with Gasteiger partial charge in [0.25, 0.3) is 5.56 Å². The molecular formula is C21H14N2O3S. The van der Waals surface area contributed by atoms with Crippen molar-refractivity contribution in [1.82, 2.24) is 9.55 Å². The molecule has 0 radical (unpaired) electrons. The van der Waals surface area contributed by atoms with Crippen molar-refractivity contribution in [2.75, 3.05) is 0 Å². The first-order valence-corrected chi connectivity index (χ1v) is 9.08. The molecule has 0 spiro atoms. The summed E-state index contributed by atoms with van der Waals surface area (Å²) in [5.74, 6) is -0.607. The van der Waals surface area contributed by atoms with Crippen LogP contribution in [0.1, 0.15) is 21.1 Å². The first-order chi connectivity index (χ1) is 13.1. The molecule has 0 aliphatic carbocycles. The normalized spacial score (nSPS) is 11.3. The van der Waals surface area contributed by atoms with Crippen molar-refractivity contribution in [1.29, 1.82) is 0 Å². The summed E-state index contributed by atoms with van der Waals surface area (Å²) >= 11 is 1.58. The summed E-state index contributed by atoms with van der Waals surface area (Å²) < 4.78 is 1.44. The number of aromatic carboxylic acids is 1. The smallest absolute Gasteiger partial charge is 0.335 e. The Hall–Kier alpha value is -3.51. The minimum atomic E-state index is -1.05. The summed E-state index contributed by atoms with van der Waals surface area (Å²) in [7, 11) is 0. The van der Waals surface area contributed by atoms with Gasteiger partial charge in [0.2, 0.25) is 0 Å². The van der Waals surface area contributed by atoms with E-state index in [1.807, 2.05) is 29.7 Å². The van der Waals surface area contributed by atoms with Gasteiger partial charge in [-0.25, -0.2) is 9.78 Å². The van der Waals surface area contributed by atoms with E-state index in [1.165, 1.54) is 16.7 Å². The average Bonchev–Trinajstić information content (AvgIpc) is 3.20. The lowest BCUT2D eigenvalue weighted by Gasteiger charge is -2.12.